The normalized spacial score (nSPS) is 17.2. The van der Waals surface area contributed by atoms with Crippen molar-refractivity contribution in [2.75, 3.05) is 0 Å². The molecule has 0 fully saturated rings. The second-order valence-electron chi connectivity index (χ2n) is 7.26. The molecule has 2 aromatic heterocycles. The number of fused-ring (bicyclic) bond motifs is 1. The van der Waals surface area contributed by atoms with Gasteiger partial charge < -0.3 is 14.2 Å². The minimum atomic E-state index is -4.54. The van der Waals surface area contributed by atoms with Crippen LogP contribution in [0.15, 0.2) is 41.2 Å². The van der Waals surface area contributed by atoms with E-state index in [0.717, 1.165) is 23.4 Å². The van der Waals surface area contributed by atoms with E-state index in [9.17, 15) is 18.3 Å². The summed E-state index contributed by atoms with van der Waals surface area (Å²) in [5.41, 5.74) is 2.37. The third kappa shape index (κ3) is 3.85. The molecule has 3 aromatic rings. The van der Waals surface area contributed by atoms with Crippen LogP contribution < -0.4 is 0 Å². The second kappa shape index (κ2) is 7.46. The summed E-state index contributed by atoms with van der Waals surface area (Å²) in [6.07, 6.45) is -2.62. The van der Waals surface area contributed by atoms with Crippen molar-refractivity contribution in [2.24, 2.45) is 4.99 Å². The summed E-state index contributed by atoms with van der Waals surface area (Å²) in [4.78, 5) is 8.89. The predicted octanol–water partition coefficient (Wildman–Crippen LogP) is 6.27. The van der Waals surface area contributed by atoms with Crippen molar-refractivity contribution in [3.05, 3.63) is 68.6 Å². The number of benzene rings is 1. The number of hydrogen-bond acceptors (Lipinski definition) is 4. The topological polar surface area (TPSA) is 59.1 Å². The van der Waals surface area contributed by atoms with Crippen molar-refractivity contribution in [1.29, 1.82) is 0 Å². The summed E-state index contributed by atoms with van der Waals surface area (Å²) in [7, 11) is 0. The van der Waals surface area contributed by atoms with E-state index in [4.69, 9.17) is 27.9 Å². The molecule has 0 amide bonds. The number of aromatic hydroxyl groups is 1. The van der Waals surface area contributed by atoms with Gasteiger partial charge in [-0.3, -0.25) is 0 Å². The molecule has 0 spiro atoms. The van der Waals surface area contributed by atoms with Crippen molar-refractivity contribution in [1.82, 2.24) is 9.38 Å². The molecule has 1 N–H and O–H groups in total. The average molecular weight is 470 g/mol. The lowest BCUT2D eigenvalue weighted by Gasteiger charge is -2.24. The molecule has 1 atom stereocenters. The first-order chi connectivity index (χ1) is 14.5. The number of ether oxygens (including phenoxy) is 1. The van der Waals surface area contributed by atoms with Crippen LogP contribution in [0.3, 0.4) is 0 Å². The van der Waals surface area contributed by atoms with Crippen molar-refractivity contribution in [3.63, 3.8) is 0 Å². The average Bonchev–Trinajstić information content (AvgIpc) is 3.11. The number of phenols is 1. The Morgan fingerprint density at radius 2 is 1.81 bits per heavy atom. The van der Waals surface area contributed by atoms with Gasteiger partial charge in [-0.2, -0.15) is 13.2 Å². The van der Waals surface area contributed by atoms with Crippen LogP contribution in [-0.4, -0.2) is 26.5 Å². The molecule has 0 saturated heterocycles. The summed E-state index contributed by atoms with van der Waals surface area (Å²) in [6.45, 7) is 5.49. The highest BCUT2D eigenvalue weighted by atomic mass is 35.5. The van der Waals surface area contributed by atoms with Crippen LogP contribution in [0, 0.1) is 6.92 Å². The molecular formula is C21H16Cl2F3N3O2. The molecule has 3 heterocycles. The lowest BCUT2D eigenvalue weighted by atomic mass is 9.99. The number of alkyl halides is 3. The molecule has 31 heavy (non-hydrogen) atoms. The van der Waals surface area contributed by atoms with E-state index in [2.05, 4.69) is 9.98 Å². The van der Waals surface area contributed by atoms with Crippen LogP contribution in [0.4, 0.5) is 13.2 Å². The van der Waals surface area contributed by atoms with E-state index in [1.165, 1.54) is 16.7 Å². The Hall–Kier alpha value is -2.71. The monoisotopic (exact) mass is 469 g/mol. The number of phenolic OH excluding ortho intramolecular Hbond substituents is 1. The van der Waals surface area contributed by atoms with Gasteiger partial charge in [-0.15, -0.1) is 0 Å². The molecule has 5 nitrogen and oxygen atoms in total. The van der Waals surface area contributed by atoms with Crippen LogP contribution in [-0.2, 0) is 10.9 Å². The van der Waals surface area contributed by atoms with Gasteiger partial charge in [0.25, 0.3) is 0 Å². The van der Waals surface area contributed by atoms with Crippen LogP contribution in [0.25, 0.3) is 11.3 Å². The maximum Gasteiger partial charge on any atom is 0.417 e. The minimum absolute atomic E-state index is 0.0408. The van der Waals surface area contributed by atoms with Gasteiger partial charge in [0.2, 0.25) is 5.90 Å². The van der Waals surface area contributed by atoms with Crippen LogP contribution in [0.2, 0.25) is 10.0 Å². The van der Waals surface area contributed by atoms with Crippen molar-refractivity contribution in [2.45, 2.75) is 33.1 Å². The fourth-order valence-electron chi connectivity index (χ4n) is 3.29. The van der Waals surface area contributed by atoms with Crippen molar-refractivity contribution >= 4 is 40.4 Å². The van der Waals surface area contributed by atoms with E-state index in [1.807, 2.05) is 20.8 Å². The largest absolute Gasteiger partial charge is 0.506 e. The predicted molar refractivity (Wildman–Crippen MR) is 113 cm³/mol. The van der Waals surface area contributed by atoms with E-state index in [0.29, 0.717) is 11.3 Å². The number of rotatable bonds is 2. The van der Waals surface area contributed by atoms with Crippen LogP contribution in [0.1, 0.15) is 36.2 Å². The minimum Gasteiger partial charge on any atom is -0.506 e. The summed E-state index contributed by atoms with van der Waals surface area (Å²) in [5.74, 6) is 0.103. The van der Waals surface area contributed by atoms with E-state index in [1.54, 1.807) is 6.07 Å². The van der Waals surface area contributed by atoms with E-state index >= 15 is 0 Å². The summed E-state index contributed by atoms with van der Waals surface area (Å²) >= 11 is 12.1. The molecule has 1 aliphatic heterocycles. The molecule has 1 unspecified atom stereocenters. The highest BCUT2D eigenvalue weighted by molar-refractivity contribution is 6.33. The molecule has 10 heteroatoms. The molecule has 0 bridgehead atoms. The molecular weight excluding hydrogens is 454 g/mol. The fraction of sp³-hybridized carbons (Fsp3) is 0.238. The maximum absolute atomic E-state index is 13.1. The highest BCUT2D eigenvalue weighted by Crippen LogP contribution is 2.36. The van der Waals surface area contributed by atoms with Gasteiger partial charge in [0.1, 0.15) is 17.5 Å². The number of hydrogen-bond donors (Lipinski definition) is 1. The Morgan fingerprint density at radius 1 is 1.10 bits per heavy atom. The van der Waals surface area contributed by atoms with Gasteiger partial charge in [0, 0.05) is 18.0 Å². The summed E-state index contributed by atoms with van der Waals surface area (Å²) in [6, 6.07) is 3.98. The fourth-order valence-corrected chi connectivity index (χ4v) is 3.71. The van der Waals surface area contributed by atoms with Crippen molar-refractivity contribution in [3.8, 4) is 5.75 Å². The quantitative estimate of drug-likeness (QED) is 0.480. The number of aryl methyl sites for hydroxylation is 1. The van der Waals surface area contributed by atoms with Gasteiger partial charge in [0.15, 0.2) is 5.65 Å². The van der Waals surface area contributed by atoms with Gasteiger partial charge in [0.05, 0.1) is 21.3 Å². The van der Waals surface area contributed by atoms with Crippen LogP contribution in [0.5, 0.6) is 5.75 Å². The Balaban J connectivity index is 1.85. The third-order valence-electron chi connectivity index (χ3n) is 5.09. The molecule has 0 aliphatic carbocycles. The zero-order valence-corrected chi connectivity index (χ0v) is 18.1. The lowest BCUT2D eigenvalue weighted by Crippen LogP contribution is -2.22. The smallest absolute Gasteiger partial charge is 0.417 e. The zero-order valence-electron chi connectivity index (χ0n) is 16.6. The summed E-state index contributed by atoms with van der Waals surface area (Å²) in [5, 5.41) is 9.88. The molecule has 162 valence electrons. The second-order valence-corrected chi connectivity index (χ2v) is 8.07. The number of aromatic nitrogens is 2. The zero-order chi connectivity index (χ0) is 22.7. The molecule has 1 aromatic carbocycles. The number of nitrogens with zero attached hydrogens (tertiary/aromatic N) is 3. The standard InChI is InChI=1S/C21H16Cl2F3N3O2/c1-9-4-17(30)14(22)6-13(9)18-10(2)11(3)31-20(28-18)16-8-29-7-12(21(24,25)26)5-15(23)19(29)27-16/h4-8,11,30H,1-3H3. The maximum atomic E-state index is 13.1. The molecule has 0 radical (unpaired) electrons. The van der Waals surface area contributed by atoms with Crippen molar-refractivity contribution < 1.29 is 23.0 Å². The summed E-state index contributed by atoms with van der Waals surface area (Å²) < 4.78 is 46.4. The number of pyridine rings is 1. The molecule has 4 rings (SSSR count). The van der Waals surface area contributed by atoms with Gasteiger partial charge in [-0.1, -0.05) is 23.2 Å². The number of imidazole rings is 1. The first-order valence-corrected chi connectivity index (χ1v) is 9.92. The van der Waals surface area contributed by atoms with Gasteiger partial charge in [-0.05, 0) is 50.1 Å². The Morgan fingerprint density at radius 3 is 2.48 bits per heavy atom. The first kappa shape index (κ1) is 21.5. The van der Waals surface area contributed by atoms with Crippen LogP contribution >= 0.6 is 23.2 Å². The van der Waals surface area contributed by atoms with E-state index < -0.39 is 11.7 Å². The lowest BCUT2D eigenvalue weighted by molar-refractivity contribution is -0.137. The SMILES string of the molecule is CC1=C(c2cc(Cl)c(O)cc2C)N=C(c2cn3cc(C(F)(F)F)cc(Cl)c3n2)OC1C. The highest BCUT2D eigenvalue weighted by Gasteiger charge is 2.32. The van der Waals surface area contributed by atoms with Gasteiger partial charge >= 0.3 is 6.18 Å². The number of halogens is 5. The third-order valence-corrected chi connectivity index (χ3v) is 5.67. The number of aliphatic imine (C=N–C) groups is 1. The Bertz CT molecular complexity index is 1280. The first-order valence-electron chi connectivity index (χ1n) is 9.17. The molecule has 0 saturated carbocycles. The Kier molecular flexibility index (Phi) is 5.18. The van der Waals surface area contributed by atoms with E-state index in [-0.39, 0.29) is 39.1 Å². The van der Waals surface area contributed by atoms with Gasteiger partial charge in [-0.25, -0.2) is 9.98 Å². The molecule has 1 aliphatic rings. The Labute approximate surface area is 185 Å².